The summed E-state index contributed by atoms with van der Waals surface area (Å²) in [7, 11) is -3.16. The van der Waals surface area contributed by atoms with Crippen LogP contribution in [-0.4, -0.2) is 79.6 Å². The smallest absolute Gasteiger partial charge is 0.163 e. The highest BCUT2D eigenvalue weighted by Gasteiger charge is 2.36. The van der Waals surface area contributed by atoms with Crippen LogP contribution in [0, 0.1) is 27.7 Å². The maximum absolute atomic E-state index is 12.6. The monoisotopic (exact) mass is 1030 g/mol. The summed E-state index contributed by atoms with van der Waals surface area (Å²) in [5, 5.41) is 0. The molecule has 6 rings (SSSR count). The first-order chi connectivity index (χ1) is 33.5. The summed E-state index contributed by atoms with van der Waals surface area (Å²) in [4.78, 5) is 0. The Hall–Kier alpha value is -3.38. The number of hydrogen-bond donors (Lipinski definition) is 0. The Morgan fingerprint density at radius 2 is 0.917 bits per heavy atom. The van der Waals surface area contributed by atoms with Gasteiger partial charge >= 0.3 is 0 Å². The molecule has 0 N–H and O–H groups in total. The van der Waals surface area contributed by atoms with E-state index in [1.54, 1.807) is 20.8 Å². The molecule has 0 aromatic heterocycles. The van der Waals surface area contributed by atoms with Gasteiger partial charge in [0.25, 0.3) is 0 Å². The highest BCUT2D eigenvalue weighted by molar-refractivity contribution is 8.00. The van der Waals surface area contributed by atoms with Crippen LogP contribution in [0.15, 0.2) is 72.8 Å². The van der Waals surface area contributed by atoms with Crippen molar-refractivity contribution in [1.82, 2.24) is 0 Å². The predicted molar refractivity (Wildman–Crippen MR) is 301 cm³/mol. The van der Waals surface area contributed by atoms with Crippen molar-refractivity contribution in [2.75, 3.05) is 37.9 Å². The molecular weight excluding hydrogens is 937 g/mol. The Morgan fingerprint density at radius 1 is 0.556 bits per heavy atom. The molecule has 0 bridgehead atoms. The summed E-state index contributed by atoms with van der Waals surface area (Å²) >= 11 is 2.04. The predicted octanol–water partition coefficient (Wildman–Crippen LogP) is 14.7. The van der Waals surface area contributed by atoms with Crippen LogP contribution in [-0.2, 0) is 52.5 Å². The lowest BCUT2D eigenvalue weighted by Gasteiger charge is -2.34. The molecule has 400 valence electrons. The number of thioether (sulfide) groups is 1. The lowest BCUT2D eigenvalue weighted by Crippen LogP contribution is -2.31. The summed E-state index contributed by atoms with van der Waals surface area (Å²) in [6, 6.07) is 27.0. The minimum Gasteiger partial charge on any atom is -0.491 e. The average molecular weight is 1030 g/mol. The summed E-state index contributed by atoms with van der Waals surface area (Å²) < 4.78 is 60.2. The lowest BCUT2D eigenvalue weighted by atomic mass is 9.70. The minimum absolute atomic E-state index is 0.000826. The average Bonchev–Trinajstić information content (AvgIpc) is 3.85. The Balaban J connectivity index is 0.000000268. The minimum atomic E-state index is -3.16. The largest absolute Gasteiger partial charge is 0.491 e. The number of ether oxygens (including phenoxy) is 6. The Morgan fingerprint density at radius 3 is 1.22 bits per heavy atom. The lowest BCUT2D eigenvalue weighted by molar-refractivity contribution is -0.141. The molecule has 2 aliphatic heterocycles. The van der Waals surface area contributed by atoms with Gasteiger partial charge in [0.2, 0.25) is 0 Å². The van der Waals surface area contributed by atoms with Crippen LogP contribution in [0.4, 0.5) is 0 Å². The molecule has 0 saturated carbocycles. The fourth-order valence-electron chi connectivity index (χ4n) is 10.3. The van der Waals surface area contributed by atoms with E-state index in [1.807, 2.05) is 39.5 Å². The highest BCUT2D eigenvalue weighted by atomic mass is 32.2. The van der Waals surface area contributed by atoms with Crippen LogP contribution in [0.2, 0.25) is 0 Å². The first kappa shape index (κ1) is 59.5. The highest BCUT2D eigenvalue weighted by Crippen LogP contribution is 2.43. The zero-order valence-electron chi connectivity index (χ0n) is 47.7. The van der Waals surface area contributed by atoms with Crippen LogP contribution in [0.25, 0.3) is 0 Å². The fourth-order valence-corrected chi connectivity index (χ4v) is 12.3. The quantitative estimate of drug-likeness (QED) is 0.0858. The molecule has 0 spiro atoms. The second-order valence-corrected chi connectivity index (χ2v) is 28.0. The summed E-state index contributed by atoms with van der Waals surface area (Å²) in [6.45, 7) is 39.7. The number of sulfone groups is 1. The molecule has 2 aliphatic rings. The van der Waals surface area contributed by atoms with Gasteiger partial charge in [-0.1, -0.05) is 109 Å². The Kier molecular flexibility index (Phi) is 19.9. The molecule has 8 nitrogen and oxygen atoms in total. The topological polar surface area (TPSA) is 89.5 Å². The third-order valence-corrected chi connectivity index (χ3v) is 19.0. The summed E-state index contributed by atoms with van der Waals surface area (Å²) in [6.07, 6.45) is 5.60. The molecule has 0 aliphatic carbocycles. The number of rotatable bonds is 20. The van der Waals surface area contributed by atoms with Crippen molar-refractivity contribution in [3.05, 3.63) is 128 Å². The van der Waals surface area contributed by atoms with Crippen LogP contribution in [0.5, 0.6) is 11.5 Å². The van der Waals surface area contributed by atoms with Gasteiger partial charge in [0, 0.05) is 15.6 Å². The normalized spacial score (nSPS) is 18.2. The van der Waals surface area contributed by atoms with E-state index < -0.39 is 26.2 Å². The van der Waals surface area contributed by atoms with Gasteiger partial charge in [0.1, 0.15) is 36.9 Å². The molecule has 2 fully saturated rings. The van der Waals surface area contributed by atoms with Crippen LogP contribution in [0.1, 0.15) is 178 Å². The second kappa shape index (κ2) is 24.1. The standard InChI is InChI=1S/C31H46O5S.C31H46O3S/c1-10-31(11-2,25-13-12-24(22(3)18-25)16-17-37(32,33)29(5,6)7)26-14-15-28(23(4)19-26)34-20-27-21-35-30(8,9)36-27;1-10-31(11-2,25-13-12-24(22(3)18-25)16-17-35-29(5,6)7)26-14-15-28(23(4)19-26)32-20-27-21-33-30(8,9)34-27/h12-15,18-19,27H,10-11,16-17,20-21H2,1-9H3;12-15,18-19,27H,10-11,16-17,20-21H2,1-9H3/t2*27-/m11/s1. The maximum Gasteiger partial charge on any atom is 0.163 e. The van der Waals surface area contributed by atoms with Crippen molar-refractivity contribution < 1.29 is 36.8 Å². The van der Waals surface area contributed by atoms with Gasteiger partial charge in [-0.15, -0.1) is 0 Å². The molecule has 2 heterocycles. The van der Waals surface area contributed by atoms with E-state index in [2.05, 4.69) is 149 Å². The Bertz CT molecular complexity index is 2520. The molecule has 2 saturated heterocycles. The van der Waals surface area contributed by atoms with Crippen LogP contribution < -0.4 is 9.47 Å². The van der Waals surface area contributed by atoms with Crippen molar-refractivity contribution >= 4 is 21.6 Å². The zero-order valence-corrected chi connectivity index (χ0v) is 49.3. The molecule has 10 heteroatoms. The van der Waals surface area contributed by atoms with Gasteiger partial charge in [-0.2, -0.15) is 11.8 Å². The van der Waals surface area contributed by atoms with Crippen LogP contribution in [0.3, 0.4) is 0 Å². The molecule has 72 heavy (non-hydrogen) atoms. The van der Waals surface area contributed by atoms with Crippen LogP contribution >= 0.6 is 11.8 Å². The van der Waals surface area contributed by atoms with E-state index in [9.17, 15) is 8.42 Å². The van der Waals surface area contributed by atoms with E-state index in [0.717, 1.165) is 66.0 Å². The van der Waals surface area contributed by atoms with Gasteiger partial charge in [-0.25, -0.2) is 8.42 Å². The first-order valence-electron chi connectivity index (χ1n) is 26.7. The fraction of sp³-hybridized carbons (Fsp3) is 0.613. The summed E-state index contributed by atoms with van der Waals surface area (Å²) in [5.74, 6) is 2.04. The van der Waals surface area contributed by atoms with Gasteiger partial charge in [-0.05, 0) is 188 Å². The third kappa shape index (κ3) is 14.9. The number of hydrogen-bond acceptors (Lipinski definition) is 9. The zero-order chi connectivity index (χ0) is 53.5. The second-order valence-electron chi connectivity index (χ2n) is 23.2. The van der Waals surface area contributed by atoms with Crippen molar-refractivity contribution in [1.29, 1.82) is 0 Å². The van der Waals surface area contributed by atoms with Crippen molar-refractivity contribution in [2.45, 2.75) is 207 Å². The first-order valence-corrected chi connectivity index (χ1v) is 29.3. The van der Waals surface area contributed by atoms with Gasteiger partial charge in [-0.3, -0.25) is 0 Å². The van der Waals surface area contributed by atoms with Crippen molar-refractivity contribution in [2.24, 2.45) is 0 Å². The van der Waals surface area contributed by atoms with Crippen molar-refractivity contribution in [3.63, 3.8) is 0 Å². The van der Waals surface area contributed by atoms with Gasteiger partial charge in [0.15, 0.2) is 21.4 Å². The Labute approximate surface area is 441 Å². The molecule has 0 amide bonds. The van der Waals surface area contributed by atoms with E-state index in [-0.39, 0.29) is 28.8 Å². The van der Waals surface area contributed by atoms with Crippen molar-refractivity contribution in [3.8, 4) is 11.5 Å². The van der Waals surface area contributed by atoms with E-state index >= 15 is 0 Å². The molecule has 4 aromatic rings. The summed E-state index contributed by atoms with van der Waals surface area (Å²) in [5.41, 5.74) is 12.6. The molecule has 0 radical (unpaired) electrons. The molecule has 0 unspecified atom stereocenters. The SMILES string of the molecule is CCC(CC)(c1ccc(CCS(=O)(=O)C(C)(C)C)c(C)c1)c1ccc(OC[C@@H]2COC(C)(C)O2)c(C)c1.CCC(CC)(c1ccc(CCSC(C)(C)C)c(C)c1)c1ccc(OC[C@@H]2COC(C)(C)O2)c(C)c1. The van der Waals surface area contributed by atoms with E-state index in [1.165, 1.54) is 38.9 Å². The van der Waals surface area contributed by atoms with E-state index in [4.69, 9.17) is 28.4 Å². The third-order valence-electron chi connectivity index (χ3n) is 15.1. The molecule has 2 atom stereocenters. The molecule has 4 aromatic carbocycles. The molecular formula is C62H92O8S2. The maximum atomic E-state index is 12.6. The number of benzene rings is 4. The number of aryl methyl sites for hydroxylation is 6. The van der Waals surface area contributed by atoms with Gasteiger partial charge < -0.3 is 28.4 Å². The van der Waals surface area contributed by atoms with E-state index in [0.29, 0.717) is 37.6 Å². The van der Waals surface area contributed by atoms with Gasteiger partial charge in [0.05, 0.1) is 23.7 Å².